The smallest absolute Gasteiger partial charge is 0.259 e. The van der Waals surface area contributed by atoms with Gasteiger partial charge in [0.25, 0.3) is 5.91 Å². The van der Waals surface area contributed by atoms with Gasteiger partial charge in [-0.1, -0.05) is 51.0 Å². The van der Waals surface area contributed by atoms with E-state index in [1.807, 2.05) is 73.8 Å². The van der Waals surface area contributed by atoms with E-state index in [1.165, 1.54) is 11.3 Å². The largest absolute Gasteiger partial charge is 0.496 e. The number of thiazole rings is 1. The lowest BCUT2D eigenvalue weighted by atomic mass is 10.0. The second kappa shape index (κ2) is 16.7. The third kappa shape index (κ3) is 8.60. The standard InChI is InChI=1S/C46H56N6O7S2/c1-27(2)36-26-60-42(49-36)35-23-39(33-17-18-38(58-6)29(4)40(33)48-35)59-32-22-37-41(53)50-46(44(55)51-61(56,57)45(5)19-20-45)24-30(46)14-10-8-7-9-11-16-34(43(54)52(37)25-32)47-31-15-12-13-28(3)21-31/h10,12-15,17-18,21,23,26-27,30,32,34,37,47H,7-9,11,16,19-20,22,24-25H2,1-6H3,(H,50,53)(H,51,55)/t30-,32-,34+,37+,46-/m1/s1. The highest BCUT2D eigenvalue weighted by Crippen LogP contribution is 2.48. The Balaban J connectivity index is 1.15. The summed E-state index contributed by atoms with van der Waals surface area (Å²) < 4.78 is 40.5. The number of aryl methyl sites for hydroxylation is 2. The van der Waals surface area contributed by atoms with Crippen LogP contribution in [0.5, 0.6) is 11.5 Å². The van der Waals surface area contributed by atoms with Gasteiger partial charge in [0.05, 0.1) is 29.6 Å². The zero-order valence-corrected chi connectivity index (χ0v) is 37.4. The number of benzene rings is 2. The molecule has 8 rings (SSSR count). The van der Waals surface area contributed by atoms with Crippen LogP contribution in [0, 0.1) is 19.8 Å². The molecule has 3 amide bonds. The minimum Gasteiger partial charge on any atom is -0.496 e. The molecule has 1 saturated heterocycles. The summed E-state index contributed by atoms with van der Waals surface area (Å²) >= 11 is 1.51. The maximum atomic E-state index is 15.0. The molecule has 2 aromatic carbocycles. The molecule has 0 unspecified atom stereocenters. The molecule has 2 saturated carbocycles. The van der Waals surface area contributed by atoms with Crippen molar-refractivity contribution >= 4 is 55.7 Å². The monoisotopic (exact) mass is 868 g/mol. The number of hydrogen-bond acceptors (Lipinski definition) is 11. The lowest BCUT2D eigenvalue weighted by Crippen LogP contribution is -2.58. The number of anilines is 1. The fraction of sp³-hybridized carbons (Fsp3) is 0.500. The van der Waals surface area contributed by atoms with Gasteiger partial charge in [0.1, 0.15) is 45.9 Å². The summed E-state index contributed by atoms with van der Waals surface area (Å²) in [6.07, 6.45) is 8.45. The Labute approximate surface area is 362 Å². The summed E-state index contributed by atoms with van der Waals surface area (Å²) in [6.45, 7) is 9.85. The van der Waals surface area contributed by atoms with E-state index in [9.17, 15) is 22.8 Å². The first-order chi connectivity index (χ1) is 29.1. The highest BCUT2D eigenvalue weighted by molar-refractivity contribution is 7.91. The van der Waals surface area contributed by atoms with Crippen LogP contribution < -0.4 is 24.8 Å². The second-order valence-electron chi connectivity index (χ2n) is 17.8. The van der Waals surface area contributed by atoms with Crippen molar-refractivity contribution in [3.05, 3.63) is 76.8 Å². The van der Waals surface area contributed by atoms with Crippen molar-refractivity contribution in [1.29, 1.82) is 0 Å². The Kier molecular flexibility index (Phi) is 11.7. The van der Waals surface area contributed by atoms with Gasteiger partial charge in [-0.2, -0.15) is 0 Å². The molecule has 2 aliphatic carbocycles. The number of amides is 3. The Morgan fingerprint density at radius 1 is 1.05 bits per heavy atom. The topological polar surface area (TPSA) is 169 Å². The van der Waals surface area contributed by atoms with Gasteiger partial charge in [0.2, 0.25) is 21.8 Å². The molecule has 0 spiro atoms. The number of nitrogens with zero attached hydrogens (tertiary/aromatic N) is 3. The SMILES string of the molecule is COc1ccc2c(O[C@@H]3C[C@H]4C(=O)N[C@]5(C(=O)NS(=O)(=O)C6(C)CC6)C[C@H]5C=CCCCCC[C@H](Nc5cccc(C)c5)C(=O)N4C3)cc(-c3nc(C(C)C)cs3)nc2c1C. The first kappa shape index (κ1) is 42.7. The van der Waals surface area contributed by atoms with Crippen LogP contribution >= 0.6 is 11.3 Å². The second-order valence-corrected chi connectivity index (χ2v) is 20.9. The lowest BCUT2D eigenvalue weighted by Gasteiger charge is -2.30. The maximum Gasteiger partial charge on any atom is 0.259 e. The van der Waals surface area contributed by atoms with Gasteiger partial charge < -0.3 is 25.0 Å². The summed E-state index contributed by atoms with van der Waals surface area (Å²) in [6, 6.07) is 11.9. The fourth-order valence-electron chi connectivity index (χ4n) is 8.54. The molecular formula is C46H56N6O7S2. The molecule has 15 heteroatoms. The molecule has 2 aliphatic heterocycles. The molecule has 5 atom stereocenters. The molecule has 0 radical (unpaired) electrons. The molecule has 324 valence electrons. The van der Waals surface area contributed by atoms with E-state index in [-0.39, 0.29) is 31.2 Å². The van der Waals surface area contributed by atoms with Crippen LogP contribution in [0.1, 0.15) is 101 Å². The number of nitrogens with one attached hydrogen (secondary N) is 3. The molecule has 3 fully saturated rings. The summed E-state index contributed by atoms with van der Waals surface area (Å²) in [5, 5.41) is 10.0. The normalized spacial score (nSPS) is 25.2. The molecule has 13 nitrogen and oxygen atoms in total. The third-order valence-corrected chi connectivity index (χ3v) is 15.9. The van der Waals surface area contributed by atoms with Crippen molar-refractivity contribution in [3.63, 3.8) is 0 Å². The number of fused-ring (bicyclic) bond motifs is 3. The molecule has 4 aromatic rings. The Hall–Kier alpha value is -5.02. The van der Waals surface area contributed by atoms with Crippen molar-refractivity contribution in [3.8, 4) is 22.2 Å². The molecule has 4 aliphatic rings. The highest BCUT2D eigenvalue weighted by atomic mass is 32.2. The van der Waals surface area contributed by atoms with E-state index < -0.39 is 56.2 Å². The van der Waals surface area contributed by atoms with Crippen molar-refractivity contribution in [2.45, 2.75) is 127 Å². The van der Waals surface area contributed by atoms with Gasteiger partial charge in [0.15, 0.2) is 0 Å². The number of carbonyl (C=O) groups is 3. The molecule has 4 heterocycles. The number of hydrogen-bond donors (Lipinski definition) is 3. The van der Waals surface area contributed by atoms with E-state index in [4.69, 9.17) is 19.4 Å². The first-order valence-corrected chi connectivity index (χ1v) is 23.8. The van der Waals surface area contributed by atoms with E-state index in [1.54, 1.807) is 18.9 Å². The average Bonchev–Trinajstić information content (AvgIpc) is 3.99. The van der Waals surface area contributed by atoms with Gasteiger partial charge in [0, 0.05) is 40.4 Å². The van der Waals surface area contributed by atoms with Crippen LogP contribution in [0.4, 0.5) is 5.69 Å². The Bertz CT molecular complexity index is 2500. The number of allylic oxidation sites excluding steroid dienone is 1. The summed E-state index contributed by atoms with van der Waals surface area (Å²) in [5.41, 5.74) is 3.49. The molecular weight excluding hydrogens is 813 g/mol. The molecule has 61 heavy (non-hydrogen) atoms. The summed E-state index contributed by atoms with van der Waals surface area (Å²) in [5.74, 6) is -0.491. The predicted octanol–water partition coefficient (Wildman–Crippen LogP) is 7.33. The minimum atomic E-state index is -3.98. The zero-order chi connectivity index (χ0) is 43.3. The minimum absolute atomic E-state index is 0.0984. The zero-order valence-electron chi connectivity index (χ0n) is 35.7. The number of ether oxygens (including phenoxy) is 2. The van der Waals surface area contributed by atoms with Crippen molar-refractivity contribution < 1.29 is 32.3 Å². The van der Waals surface area contributed by atoms with Crippen LogP contribution in [-0.2, 0) is 24.4 Å². The number of pyridine rings is 1. The van der Waals surface area contributed by atoms with E-state index in [0.717, 1.165) is 58.6 Å². The lowest BCUT2D eigenvalue weighted by molar-refractivity contribution is -0.140. The van der Waals surface area contributed by atoms with E-state index in [0.29, 0.717) is 42.0 Å². The molecule has 3 N–H and O–H groups in total. The number of carbonyl (C=O) groups excluding carboxylic acids is 3. The van der Waals surface area contributed by atoms with Crippen molar-refractivity contribution in [2.75, 3.05) is 19.0 Å². The fourth-order valence-corrected chi connectivity index (χ4v) is 10.8. The van der Waals surface area contributed by atoms with Crippen LogP contribution in [0.25, 0.3) is 21.6 Å². The number of rotatable bonds is 10. The average molecular weight is 869 g/mol. The maximum absolute atomic E-state index is 15.0. The van der Waals surface area contributed by atoms with Gasteiger partial charge >= 0.3 is 0 Å². The van der Waals surface area contributed by atoms with Gasteiger partial charge in [-0.3, -0.25) is 19.1 Å². The van der Waals surface area contributed by atoms with E-state index in [2.05, 4.69) is 29.2 Å². The van der Waals surface area contributed by atoms with Crippen molar-refractivity contribution in [1.82, 2.24) is 24.9 Å². The molecule has 2 aromatic heterocycles. The third-order valence-electron chi connectivity index (χ3n) is 12.8. The first-order valence-electron chi connectivity index (χ1n) is 21.4. The predicted molar refractivity (Wildman–Crippen MR) is 237 cm³/mol. The van der Waals surface area contributed by atoms with Crippen LogP contribution in [-0.4, -0.2) is 83.1 Å². The number of methoxy groups -OCH3 is 1. The van der Waals surface area contributed by atoms with Crippen LogP contribution in [0.3, 0.4) is 0 Å². The number of sulfonamides is 1. The van der Waals surface area contributed by atoms with Gasteiger partial charge in [-0.05, 0) is 95.0 Å². The molecule has 0 bridgehead atoms. The van der Waals surface area contributed by atoms with Crippen LogP contribution in [0.2, 0.25) is 0 Å². The van der Waals surface area contributed by atoms with Crippen molar-refractivity contribution in [2.24, 2.45) is 5.92 Å². The number of aromatic nitrogens is 2. The highest BCUT2D eigenvalue weighted by Gasteiger charge is 2.63. The van der Waals surface area contributed by atoms with Gasteiger partial charge in [-0.15, -0.1) is 11.3 Å². The van der Waals surface area contributed by atoms with E-state index >= 15 is 0 Å². The quantitative estimate of drug-likeness (QED) is 0.137. The Morgan fingerprint density at radius 2 is 1.85 bits per heavy atom. The van der Waals surface area contributed by atoms with Crippen LogP contribution in [0.15, 0.2) is 60.0 Å². The summed E-state index contributed by atoms with van der Waals surface area (Å²) in [4.78, 5) is 55.3. The Morgan fingerprint density at radius 3 is 2.57 bits per heavy atom. The van der Waals surface area contributed by atoms with Gasteiger partial charge in [-0.25, -0.2) is 18.4 Å². The summed E-state index contributed by atoms with van der Waals surface area (Å²) in [7, 11) is -2.36.